The molecule has 1 fully saturated rings. The molecule has 5 aromatic rings. The summed E-state index contributed by atoms with van der Waals surface area (Å²) in [6.07, 6.45) is 10.5. The number of aromatic nitrogens is 5. The van der Waals surface area contributed by atoms with Crippen molar-refractivity contribution in [3.05, 3.63) is 96.0 Å². The first-order valence-corrected chi connectivity index (χ1v) is 16.7. The van der Waals surface area contributed by atoms with Gasteiger partial charge in [-0.2, -0.15) is 0 Å². The number of rotatable bonds is 9. The first-order valence-electron chi connectivity index (χ1n) is 16.7. The summed E-state index contributed by atoms with van der Waals surface area (Å²) < 4.78 is 23.8. The van der Waals surface area contributed by atoms with E-state index in [1.165, 1.54) is 0 Å². The van der Waals surface area contributed by atoms with Gasteiger partial charge in [-0.15, -0.1) is 5.10 Å². The van der Waals surface area contributed by atoms with Crippen molar-refractivity contribution in [3.63, 3.8) is 0 Å². The quantitative estimate of drug-likeness (QED) is 0.231. The zero-order chi connectivity index (χ0) is 33.9. The Morgan fingerprint density at radius 1 is 0.980 bits per heavy atom. The number of nitrogens with zero attached hydrogens (tertiary/aromatic N) is 7. The maximum absolute atomic E-state index is 16.7. The van der Waals surface area contributed by atoms with E-state index in [1.807, 2.05) is 47.4 Å². The Balaban J connectivity index is 1.19. The third-order valence-electron chi connectivity index (χ3n) is 9.53. The molecule has 0 atom stereocenters. The van der Waals surface area contributed by atoms with Crippen LogP contribution in [-0.4, -0.2) is 93.0 Å². The fourth-order valence-corrected chi connectivity index (χ4v) is 6.89. The van der Waals surface area contributed by atoms with E-state index < -0.39 is 5.82 Å². The molecule has 1 saturated heterocycles. The van der Waals surface area contributed by atoms with Crippen LogP contribution in [0.2, 0.25) is 0 Å². The number of carbonyl (C=O) groups excluding carboxylic acids is 2. The van der Waals surface area contributed by atoms with E-state index >= 15 is 4.39 Å². The minimum Gasteiger partial charge on any atom is -0.495 e. The number of halogens is 1. The first-order chi connectivity index (χ1) is 23.9. The number of para-hydroxylation sites is 2. The molecule has 0 unspecified atom stereocenters. The molecule has 0 bridgehead atoms. The monoisotopic (exact) mass is 662 g/mol. The number of fused-ring (bicyclic) bond motifs is 1. The second kappa shape index (κ2) is 13.9. The van der Waals surface area contributed by atoms with Gasteiger partial charge in [0.15, 0.2) is 5.82 Å². The summed E-state index contributed by atoms with van der Waals surface area (Å²) in [5.41, 5.74) is 5.49. The summed E-state index contributed by atoms with van der Waals surface area (Å²) in [6.45, 7) is 5.67. The van der Waals surface area contributed by atoms with Crippen molar-refractivity contribution in [2.75, 3.05) is 51.3 Å². The molecule has 0 saturated carbocycles. The molecule has 0 radical (unpaired) electrons. The van der Waals surface area contributed by atoms with Gasteiger partial charge in [-0.1, -0.05) is 30.3 Å². The molecule has 49 heavy (non-hydrogen) atoms. The zero-order valence-corrected chi connectivity index (χ0v) is 27.7. The van der Waals surface area contributed by atoms with Crippen LogP contribution in [-0.2, 0) is 17.8 Å². The van der Waals surface area contributed by atoms with Crippen molar-refractivity contribution in [2.45, 2.75) is 32.7 Å². The van der Waals surface area contributed by atoms with Gasteiger partial charge in [0.05, 0.1) is 31.1 Å². The molecule has 5 heterocycles. The molecule has 1 N–H and O–H groups in total. The van der Waals surface area contributed by atoms with Gasteiger partial charge in [0, 0.05) is 80.8 Å². The highest BCUT2D eigenvalue weighted by molar-refractivity contribution is 6.05. The molecule has 3 aromatic heterocycles. The molecule has 2 aliphatic heterocycles. The summed E-state index contributed by atoms with van der Waals surface area (Å²) in [6, 6.07) is 13.5. The van der Waals surface area contributed by atoms with Gasteiger partial charge in [0.25, 0.3) is 5.91 Å². The van der Waals surface area contributed by atoms with Crippen molar-refractivity contribution in [1.82, 2.24) is 34.8 Å². The highest BCUT2D eigenvalue weighted by Crippen LogP contribution is 2.38. The number of aromatic amines is 1. The maximum atomic E-state index is 16.7. The number of hydrogen-bond acceptors (Lipinski definition) is 7. The number of carbonyl (C=O) groups is 2. The lowest BCUT2D eigenvalue weighted by molar-refractivity contribution is -0.131. The topological polar surface area (TPSA) is 112 Å². The molecular formula is C37H39FN8O3. The predicted octanol–water partition coefficient (Wildman–Crippen LogP) is 5.20. The number of piperazine rings is 1. The first kappa shape index (κ1) is 32.0. The Kier molecular flexibility index (Phi) is 9.10. The van der Waals surface area contributed by atoms with E-state index in [9.17, 15) is 9.59 Å². The Morgan fingerprint density at radius 2 is 1.82 bits per heavy atom. The minimum absolute atomic E-state index is 0.0260. The molecule has 11 nitrogen and oxygen atoms in total. The Morgan fingerprint density at radius 3 is 2.59 bits per heavy atom. The van der Waals surface area contributed by atoms with Crippen LogP contribution in [0, 0.1) is 5.82 Å². The number of hydrogen-bond donors (Lipinski definition) is 1. The van der Waals surface area contributed by atoms with Gasteiger partial charge in [0.1, 0.15) is 11.4 Å². The number of aryl methyl sites for hydroxylation is 2. The number of nitrogens with one attached hydrogen (secondary N) is 1. The smallest absolute Gasteiger partial charge is 0.270 e. The lowest BCUT2D eigenvalue weighted by atomic mass is 9.91. The largest absolute Gasteiger partial charge is 0.495 e. The third-order valence-corrected chi connectivity index (χ3v) is 9.53. The minimum atomic E-state index is -0.441. The Hall–Kier alpha value is -5.52. The van der Waals surface area contributed by atoms with Crippen molar-refractivity contribution >= 4 is 34.0 Å². The summed E-state index contributed by atoms with van der Waals surface area (Å²) in [7, 11) is 1.66. The van der Waals surface area contributed by atoms with E-state index in [1.54, 1.807) is 47.5 Å². The van der Waals surface area contributed by atoms with Crippen molar-refractivity contribution in [1.29, 1.82) is 0 Å². The average Bonchev–Trinajstić information content (AvgIpc) is 3.85. The predicted molar refractivity (Wildman–Crippen MR) is 186 cm³/mol. The normalized spacial score (nSPS) is 15.1. The summed E-state index contributed by atoms with van der Waals surface area (Å²) >= 11 is 0. The van der Waals surface area contributed by atoms with Crippen LogP contribution in [0.1, 0.15) is 41.4 Å². The SMILES string of the molecule is CCc1ccncc1-c1cc(C2=CCCN(C(=O)CCn3ccnn3)C2)c(F)c2[nH]c(C(=O)N3CCN(c4ccccc4OC)CC3)cc12. The van der Waals surface area contributed by atoms with Crippen LogP contribution in [0.4, 0.5) is 10.1 Å². The van der Waals surface area contributed by atoms with Gasteiger partial charge < -0.3 is 24.4 Å². The van der Waals surface area contributed by atoms with Gasteiger partial charge in [-0.05, 0) is 59.9 Å². The van der Waals surface area contributed by atoms with Gasteiger partial charge in [-0.3, -0.25) is 19.3 Å². The van der Waals surface area contributed by atoms with Crippen LogP contribution in [0.5, 0.6) is 5.75 Å². The summed E-state index contributed by atoms with van der Waals surface area (Å²) in [5.74, 6) is 0.155. The standard InChI is InChI=1S/C37H39FN8O3/c1-3-25-10-12-39-23-30(25)28-21-27(26-7-6-14-45(24-26)34(47)11-15-46-16-13-40-42-46)35(38)36-29(28)22-31(41-36)37(48)44-19-17-43(18-20-44)32-8-4-5-9-33(32)49-2/h4-5,7-10,12-13,16,21-23,41H,3,6,11,14-15,17-20,24H2,1-2H3. The van der Waals surface area contributed by atoms with Gasteiger partial charge in [0.2, 0.25) is 5.91 Å². The lowest BCUT2D eigenvalue weighted by Gasteiger charge is -2.36. The van der Waals surface area contributed by atoms with Crippen molar-refractivity contribution in [2.24, 2.45) is 0 Å². The number of methoxy groups -OCH3 is 1. The number of amides is 2. The van der Waals surface area contributed by atoms with E-state index in [0.29, 0.717) is 62.3 Å². The number of pyridine rings is 1. The molecular weight excluding hydrogens is 623 g/mol. The van der Waals surface area contributed by atoms with E-state index in [4.69, 9.17) is 4.74 Å². The highest BCUT2D eigenvalue weighted by Gasteiger charge is 2.28. The van der Waals surface area contributed by atoms with Crippen LogP contribution < -0.4 is 9.64 Å². The van der Waals surface area contributed by atoms with Gasteiger partial charge >= 0.3 is 0 Å². The number of H-pyrrole nitrogens is 1. The summed E-state index contributed by atoms with van der Waals surface area (Å²) in [4.78, 5) is 40.5. The number of anilines is 1. The molecule has 12 heteroatoms. The Labute approximate surface area is 284 Å². The molecule has 2 aromatic carbocycles. The highest BCUT2D eigenvalue weighted by atomic mass is 19.1. The van der Waals surface area contributed by atoms with Crippen molar-refractivity contribution in [3.8, 4) is 16.9 Å². The lowest BCUT2D eigenvalue weighted by Crippen LogP contribution is -2.49. The van der Waals surface area contributed by atoms with Crippen LogP contribution in [0.25, 0.3) is 27.6 Å². The summed E-state index contributed by atoms with van der Waals surface area (Å²) in [5, 5.41) is 8.37. The fourth-order valence-electron chi connectivity index (χ4n) is 6.89. The molecule has 0 spiro atoms. The fraction of sp³-hybridized carbons (Fsp3) is 0.324. The van der Waals surface area contributed by atoms with E-state index in [0.717, 1.165) is 40.1 Å². The molecule has 0 aliphatic carbocycles. The second-order valence-corrected chi connectivity index (χ2v) is 12.3. The number of benzene rings is 2. The molecule has 252 valence electrons. The van der Waals surface area contributed by atoms with Crippen molar-refractivity contribution < 1.29 is 18.7 Å². The van der Waals surface area contributed by atoms with E-state index in [-0.39, 0.29) is 30.3 Å². The van der Waals surface area contributed by atoms with Crippen LogP contribution >= 0.6 is 0 Å². The van der Waals surface area contributed by atoms with Crippen LogP contribution in [0.3, 0.4) is 0 Å². The number of ether oxygens (including phenoxy) is 1. The van der Waals surface area contributed by atoms with Crippen LogP contribution in [0.15, 0.2) is 73.3 Å². The molecule has 2 amide bonds. The maximum Gasteiger partial charge on any atom is 0.270 e. The zero-order valence-electron chi connectivity index (χ0n) is 27.7. The van der Waals surface area contributed by atoms with Gasteiger partial charge in [-0.25, -0.2) is 4.39 Å². The third kappa shape index (κ3) is 6.38. The second-order valence-electron chi connectivity index (χ2n) is 12.3. The molecule has 2 aliphatic rings. The average molecular weight is 663 g/mol. The van der Waals surface area contributed by atoms with E-state index in [2.05, 4.69) is 32.1 Å². The Bertz CT molecular complexity index is 2010. The molecule has 7 rings (SSSR count).